The van der Waals surface area contributed by atoms with Gasteiger partial charge >= 0.3 is 11.5 Å². The zero-order chi connectivity index (χ0) is 19.8. The van der Waals surface area contributed by atoms with E-state index in [4.69, 9.17) is 0 Å². The van der Waals surface area contributed by atoms with Crippen LogP contribution in [0.5, 0.6) is 0 Å². The first-order chi connectivity index (χ1) is 12.6. The number of aromatic nitrogens is 1. The first-order valence-corrected chi connectivity index (χ1v) is 9.04. The van der Waals surface area contributed by atoms with Gasteiger partial charge in [-0.15, -0.1) is 0 Å². The molecule has 7 nitrogen and oxygen atoms in total. The van der Waals surface area contributed by atoms with Crippen LogP contribution in [0.15, 0.2) is 53.7 Å². The first kappa shape index (κ1) is 18.8. The number of hydrogen-bond donors (Lipinski definition) is 1. The SMILES string of the molecule is O=C1NC(Cc2ccncc2)C(=O)N1c1ccc(S(=O)(=O)C(F)(F)F)cc1. The quantitative estimate of drug-likeness (QED) is 0.794. The number of nitrogens with one attached hydrogen (secondary N) is 1. The first-order valence-electron chi connectivity index (χ1n) is 7.56. The van der Waals surface area contributed by atoms with Gasteiger partial charge in [0.05, 0.1) is 10.6 Å². The lowest BCUT2D eigenvalue weighted by atomic mass is 10.1. The molecule has 27 heavy (non-hydrogen) atoms. The van der Waals surface area contributed by atoms with Crippen molar-refractivity contribution in [2.45, 2.75) is 22.9 Å². The van der Waals surface area contributed by atoms with E-state index in [1.165, 1.54) is 12.4 Å². The van der Waals surface area contributed by atoms with E-state index in [9.17, 15) is 31.2 Å². The maximum Gasteiger partial charge on any atom is 0.501 e. The summed E-state index contributed by atoms with van der Waals surface area (Å²) in [5, 5.41) is 2.49. The van der Waals surface area contributed by atoms with Crippen LogP contribution in [-0.2, 0) is 21.1 Å². The van der Waals surface area contributed by atoms with Crippen molar-refractivity contribution in [3.05, 3.63) is 54.4 Å². The molecule has 11 heteroatoms. The molecule has 0 aliphatic carbocycles. The number of benzene rings is 1. The summed E-state index contributed by atoms with van der Waals surface area (Å²) in [6.45, 7) is 0. The van der Waals surface area contributed by atoms with Crippen LogP contribution in [0.1, 0.15) is 5.56 Å². The Morgan fingerprint density at radius 1 is 1.04 bits per heavy atom. The molecule has 1 saturated heterocycles. The van der Waals surface area contributed by atoms with Crippen molar-refractivity contribution in [1.82, 2.24) is 10.3 Å². The van der Waals surface area contributed by atoms with Gasteiger partial charge in [-0.25, -0.2) is 18.1 Å². The molecule has 0 radical (unpaired) electrons. The highest BCUT2D eigenvalue weighted by Crippen LogP contribution is 2.31. The Morgan fingerprint density at radius 2 is 1.63 bits per heavy atom. The second-order valence-corrected chi connectivity index (χ2v) is 7.62. The highest BCUT2D eigenvalue weighted by Gasteiger charge is 2.47. The Bertz CT molecular complexity index is 976. The number of carbonyl (C=O) groups is 2. The van der Waals surface area contributed by atoms with Crippen LogP contribution >= 0.6 is 0 Å². The van der Waals surface area contributed by atoms with Crippen LogP contribution in [0.4, 0.5) is 23.7 Å². The van der Waals surface area contributed by atoms with Gasteiger partial charge in [0.2, 0.25) is 0 Å². The van der Waals surface area contributed by atoms with Gasteiger partial charge in [-0.05, 0) is 42.0 Å². The number of anilines is 1. The number of sulfone groups is 1. The third-order valence-corrected chi connectivity index (χ3v) is 5.42. The lowest BCUT2D eigenvalue weighted by molar-refractivity contribution is -0.118. The molecule has 1 N–H and O–H groups in total. The van der Waals surface area contributed by atoms with Crippen molar-refractivity contribution in [2.24, 2.45) is 0 Å². The monoisotopic (exact) mass is 399 g/mol. The molecule has 1 atom stereocenters. The number of rotatable bonds is 4. The van der Waals surface area contributed by atoms with E-state index in [2.05, 4.69) is 10.3 Å². The van der Waals surface area contributed by atoms with E-state index in [1.807, 2.05) is 0 Å². The van der Waals surface area contributed by atoms with E-state index in [0.717, 1.165) is 22.6 Å². The molecule has 3 amide bonds. The number of urea groups is 1. The standard InChI is InChI=1S/C16H12F3N3O4S/c17-16(18,19)27(25,26)12-3-1-11(2-4-12)22-14(23)13(21-15(22)24)9-10-5-7-20-8-6-10/h1-8,13H,9H2,(H,21,24). The average molecular weight is 399 g/mol. The van der Waals surface area contributed by atoms with Gasteiger partial charge in [-0.1, -0.05) is 0 Å². The summed E-state index contributed by atoms with van der Waals surface area (Å²) >= 11 is 0. The molecule has 1 aromatic carbocycles. The fourth-order valence-electron chi connectivity index (χ4n) is 2.58. The number of nitrogens with zero attached hydrogens (tertiary/aromatic N) is 2. The van der Waals surface area contributed by atoms with Gasteiger partial charge < -0.3 is 5.32 Å². The smallest absolute Gasteiger partial charge is 0.325 e. The molecule has 1 fully saturated rings. The third-order valence-electron chi connectivity index (χ3n) is 3.92. The highest BCUT2D eigenvalue weighted by molar-refractivity contribution is 7.92. The highest BCUT2D eigenvalue weighted by atomic mass is 32.2. The minimum Gasteiger partial charge on any atom is -0.325 e. The molecule has 0 bridgehead atoms. The lowest BCUT2D eigenvalue weighted by Crippen LogP contribution is -2.32. The zero-order valence-corrected chi connectivity index (χ0v) is 14.3. The Morgan fingerprint density at radius 3 is 2.19 bits per heavy atom. The van der Waals surface area contributed by atoms with Crippen LogP contribution in [0.25, 0.3) is 0 Å². The molecule has 0 saturated carbocycles. The Kier molecular flexibility index (Phi) is 4.64. The summed E-state index contributed by atoms with van der Waals surface area (Å²) in [7, 11) is -5.51. The largest absolute Gasteiger partial charge is 0.501 e. The normalized spacial score (nSPS) is 17.9. The van der Waals surface area contributed by atoms with Gasteiger partial charge in [-0.3, -0.25) is 9.78 Å². The number of amides is 3. The van der Waals surface area contributed by atoms with Crippen molar-refractivity contribution in [3.8, 4) is 0 Å². The molecular formula is C16H12F3N3O4S. The van der Waals surface area contributed by atoms with E-state index in [1.54, 1.807) is 12.1 Å². The van der Waals surface area contributed by atoms with Gasteiger partial charge in [0, 0.05) is 18.8 Å². The van der Waals surface area contributed by atoms with Crippen molar-refractivity contribution in [1.29, 1.82) is 0 Å². The Hall–Kier alpha value is -2.95. The third kappa shape index (κ3) is 3.50. The molecule has 1 unspecified atom stereocenters. The Labute approximate surface area is 151 Å². The molecule has 0 spiro atoms. The minimum atomic E-state index is -5.51. The fraction of sp³-hybridized carbons (Fsp3) is 0.188. The minimum absolute atomic E-state index is 0.0316. The number of pyridine rings is 1. The summed E-state index contributed by atoms with van der Waals surface area (Å²) in [5.74, 6) is -0.594. The molecular weight excluding hydrogens is 387 g/mol. The summed E-state index contributed by atoms with van der Waals surface area (Å²) < 4.78 is 60.5. The van der Waals surface area contributed by atoms with E-state index < -0.39 is 38.2 Å². The summed E-state index contributed by atoms with van der Waals surface area (Å²) in [4.78, 5) is 28.2. The van der Waals surface area contributed by atoms with Gasteiger partial charge in [0.1, 0.15) is 6.04 Å². The summed E-state index contributed by atoms with van der Waals surface area (Å²) in [6.07, 6.45) is 3.28. The van der Waals surface area contributed by atoms with Crippen LogP contribution < -0.4 is 10.2 Å². The zero-order valence-electron chi connectivity index (χ0n) is 13.5. The second-order valence-electron chi connectivity index (χ2n) is 5.68. The molecule has 1 aromatic heterocycles. The number of hydrogen-bond acceptors (Lipinski definition) is 5. The second kappa shape index (κ2) is 6.65. The van der Waals surface area contributed by atoms with Crippen molar-refractivity contribution >= 4 is 27.5 Å². The maximum atomic E-state index is 12.6. The van der Waals surface area contributed by atoms with E-state index in [0.29, 0.717) is 12.1 Å². The lowest BCUT2D eigenvalue weighted by Gasteiger charge is -2.14. The van der Waals surface area contributed by atoms with Crippen LogP contribution in [0.2, 0.25) is 0 Å². The van der Waals surface area contributed by atoms with Crippen molar-refractivity contribution < 1.29 is 31.2 Å². The summed E-state index contributed by atoms with van der Waals surface area (Å²) in [5.41, 5.74) is -4.71. The molecule has 1 aliphatic heterocycles. The average Bonchev–Trinajstić information content (AvgIpc) is 2.88. The van der Waals surface area contributed by atoms with Crippen LogP contribution in [-0.4, -0.2) is 36.9 Å². The number of alkyl halides is 3. The van der Waals surface area contributed by atoms with Gasteiger partial charge in [0.25, 0.3) is 15.7 Å². The molecule has 3 rings (SSSR count). The van der Waals surface area contributed by atoms with Gasteiger partial charge in [0.15, 0.2) is 0 Å². The number of halogens is 3. The van der Waals surface area contributed by atoms with Crippen LogP contribution in [0.3, 0.4) is 0 Å². The number of imide groups is 1. The Balaban J connectivity index is 1.82. The maximum absolute atomic E-state index is 12.6. The molecule has 2 aromatic rings. The topological polar surface area (TPSA) is 96.4 Å². The van der Waals surface area contributed by atoms with Crippen molar-refractivity contribution in [3.63, 3.8) is 0 Å². The van der Waals surface area contributed by atoms with E-state index >= 15 is 0 Å². The number of carbonyl (C=O) groups excluding carboxylic acids is 2. The molecule has 2 heterocycles. The fourth-order valence-corrected chi connectivity index (χ4v) is 3.34. The molecule has 1 aliphatic rings. The van der Waals surface area contributed by atoms with Crippen LogP contribution in [0, 0.1) is 0 Å². The summed E-state index contributed by atoms with van der Waals surface area (Å²) in [6, 6.07) is 5.13. The van der Waals surface area contributed by atoms with Gasteiger partial charge in [-0.2, -0.15) is 13.2 Å². The van der Waals surface area contributed by atoms with Crippen molar-refractivity contribution in [2.75, 3.05) is 4.90 Å². The van der Waals surface area contributed by atoms with E-state index in [-0.39, 0.29) is 12.1 Å². The predicted octanol–water partition coefficient (Wildman–Crippen LogP) is 2.04. The molecule has 142 valence electrons. The predicted molar refractivity (Wildman–Crippen MR) is 87.4 cm³/mol.